The maximum atomic E-state index is 11.9. The SMILES string of the molecule is CCN(C(=O)CNCc1cc(Br)cs1)C1CC1. The van der Waals surface area contributed by atoms with E-state index in [1.807, 2.05) is 11.8 Å². The van der Waals surface area contributed by atoms with Gasteiger partial charge in [0.2, 0.25) is 5.91 Å². The molecule has 0 radical (unpaired) electrons. The van der Waals surface area contributed by atoms with Gasteiger partial charge >= 0.3 is 0 Å². The summed E-state index contributed by atoms with van der Waals surface area (Å²) < 4.78 is 1.11. The zero-order valence-electron chi connectivity index (χ0n) is 9.91. The number of nitrogens with zero attached hydrogens (tertiary/aromatic N) is 1. The van der Waals surface area contributed by atoms with E-state index < -0.39 is 0 Å². The van der Waals surface area contributed by atoms with Crippen molar-refractivity contribution in [1.29, 1.82) is 0 Å². The zero-order chi connectivity index (χ0) is 12.3. The fraction of sp³-hybridized carbons (Fsp3) is 0.583. The van der Waals surface area contributed by atoms with Crippen LogP contribution in [-0.2, 0) is 11.3 Å². The minimum absolute atomic E-state index is 0.227. The molecule has 1 aromatic heterocycles. The standard InChI is InChI=1S/C12H17BrN2OS/c1-2-15(10-3-4-10)12(16)7-14-6-11-5-9(13)8-17-11/h5,8,10,14H,2-4,6-7H2,1H3. The van der Waals surface area contributed by atoms with Crippen LogP contribution in [-0.4, -0.2) is 29.9 Å². The molecule has 1 aliphatic rings. The van der Waals surface area contributed by atoms with Crippen molar-refractivity contribution in [3.05, 3.63) is 20.8 Å². The van der Waals surface area contributed by atoms with Crippen LogP contribution in [0.15, 0.2) is 15.9 Å². The van der Waals surface area contributed by atoms with Crippen LogP contribution < -0.4 is 5.32 Å². The number of halogens is 1. The van der Waals surface area contributed by atoms with E-state index in [-0.39, 0.29) is 5.91 Å². The van der Waals surface area contributed by atoms with Crippen molar-refractivity contribution in [2.75, 3.05) is 13.1 Å². The number of hydrogen-bond acceptors (Lipinski definition) is 3. The highest BCUT2D eigenvalue weighted by molar-refractivity contribution is 9.10. The summed E-state index contributed by atoms with van der Waals surface area (Å²) in [6, 6.07) is 2.60. The van der Waals surface area contributed by atoms with Gasteiger partial charge in [-0.1, -0.05) is 0 Å². The van der Waals surface area contributed by atoms with Crippen LogP contribution in [0.25, 0.3) is 0 Å². The number of amides is 1. The first-order valence-electron chi connectivity index (χ1n) is 5.93. The number of carbonyl (C=O) groups is 1. The summed E-state index contributed by atoms with van der Waals surface area (Å²) in [6.45, 7) is 4.09. The average Bonchev–Trinajstić information content (AvgIpc) is 3.04. The third-order valence-corrected chi connectivity index (χ3v) is 4.54. The minimum Gasteiger partial charge on any atom is -0.339 e. The highest BCUT2D eigenvalue weighted by atomic mass is 79.9. The summed E-state index contributed by atoms with van der Waals surface area (Å²) in [5.74, 6) is 0.227. The molecule has 3 nitrogen and oxygen atoms in total. The van der Waals surface area contributed by atoms with Gasteiger partial charge in [0.15, 0.2) is 0 Å². The molecule has 1 saturated carbocycles. The van der Waals surface area contributed by atoms with Crippen LogP contribution in [0.5, 0.6) is 0 Å². The molecule has 0 saturated heterocycles. The van der Waals surface area contributed by atoms with Gasteiger partial charge in [-0.15, -0.1) is 11.3 Å². The first-order valence-corrected chi connectivity index (χ1v) is 7.61. The lowest BCUT2D eigenvalue weighted by Gasteiger charge is -2.20. The van der Waals surface area contributed by atoms with Crippen LogP contribution in [0.2, 0.25) is 0 Å². The highest BCUT2D eigenvalue weighted by Crippen LogP contribution is 2.26. The molecule has 5 heteroatoms. The fourth-order valence-electron chi connectivity index (χ4n) is 1.87. The van der Waals surface area contributed by atoms with Gasteiger partial charge in [-0.3, -0.25) is 4.79 Å². The molecule has 1 amide bonds. The lowest BCUT2D eigenvalue weighted by atomic mass is 10.4. The Morgan fingerprint density at radius 1 is 1.65 bits per heavy atom. The summed E-state index contributed by atoms with van der Waals surface area (Å²) in [4.78, 5) is 15.1. The average molecular weight is 317 g/mol. The molecule has 1 aromatic rings. The maximum absolute atomic E-state index is 11.9. The smallest absolute Gasteiger partial charge is 0.236 e. The Bertz CT molecular complexity index is 390. The molecule has 1 fully saturated rings. The van der Waals surface area contributed by atoms with E-state index in [1.165, 1.54) is 17.7 Å². The number of nitrogens with one attached hydrogen (secondary N) is 1. The molecule has 0 atom stereocenters. The molecule has 0 bridgehead atoms. The van der Waals surface area contributed by atoms with Crippen LogP contribution >= 0.6 is 27.3 Å². The van der Waals surface area contributed by atoms with Crippen molar-refractivity contribution in [3.8, 4) is 0 Å². The second-order valence-electron chi connectivity index (χ2n) is 4.25. The zero-order valence-corrected chi connectivity index (χ0v) is 12.3. The van der Waals surface area contributed by atoms with Crippen LogP contribution in [0, 0.1) is 0 Å². The molecular formula is C12H17BrN2OS. The van der Waals surface area contributed by atoms with Crippen molar-refractivity contribution in [1.82, 2.24) is 10.2 Å². The van der Waals surface area contributed by atoms with Gasteiger partial charge in [-0.25, -0.2) is 0 Å². The molecule has 0 unspecified atom stereocenters. The van der Waals surface area contributed by atoms with Gasteiger partial charge in [0.25, 0.3) is 0 Å². The number of hydrogen-bond donors (Lipinski definition) is 1. The number of carbonyl (C=O) groups excluding carboxylic acids is 1. The number of rotatable bonds is 6. The normalized spacial score (nSPS) is 14.9. The summed E-state index contributed by atoms with van der Waals surface area (Å²) >= 11 is 5.12. The summed E-state index contributed by atoms with van der Waals surface area (Å²) in [5, 5.41) is 5.27. The molecule has 94 valence electrons. The predicted octanol–water partition coefficient (Wildman–Crippen LogP) is 2.61. The topological polar surface area (TPSA) is 32.3 Å². The summed E-state index contributed by atoms with van der Waals surface area (Å²) in [7, 11) is 0. The molecular weight excluding hydrogens is 300 g/mol. The number of likely N-dealkylation sites (N-methyl/N-ethyl adjacent to an activating group) is 1. The molecule has 1 N–H and O–H groups in total. The number of thiophene rings is 1. The van der Waals surface area contributed by atoms with Crippen molar-refractivity contribution in [2.45, 2.75) is 32.4 Å². The van der Waals surface area contributed by atoms with Gasteiger partial charge in [0.05, 0.1) is 6.54 Å². The van der Waals surface area contributed by atoms with E-state index in [1.54, 1.807) is 11.3 Å². The second kappa shape index (κ2) is 5.98. The lowest BCUT2D eigenvalue weighted by Crippen LogP contribution is -2.39. The third-order valence-electron chi connectivity index (χ3n) is 2.85. The largest absolute Gasteiger partial charge is 0.339 e. The van der Waals surface area contributed by atoms with E-state index >= 15 is 0 Å². The van der Waals surface area contributed by atoms with Gasteiger partial charge in [-0.2, -0.15) is 0 Å². The predicted molar refractivity (Wildman–Crippen MR) is 74.1 cm³/mol. The van der Waals surface area contributed by atoms with Crippen molar-refractivity contribution >= 4 is 33.2 Å². The first-order chi connectivity index (χ1) is 8.20. The van der Waals surface area contributed by atoms with Crippen LogP contribution in [0.4, 0.5) is 0 Å². The van der Waals surface area contributed by atoms with E-state index in [4.69, 9.17) is 0 Å². The molecule has 1 aliphatic carbocycles. The van der Waals surface area contributed by atoms with Gasteiger partial charge < -0.3 is 10.2 Å². The monoisotopic (exact) mass is 316 g/mol. The molecule has 0 spiro atoms. The third kappa shape index (κ3) is 3.79. The van der Waals surface area contributed by atoms with E-state index in [2.05, 4.69) is 32.7 Å². The minimum atomic E-state index is 0.227. The molecule has 0 aliphatic heterocycles. The Kier molecular flexibility index (Phi) is 4.59. The van der Waals surface area contributed by atoms with Crippen molar-refractivity contribution in [3.63, 3.8) is 0 Å². The molecule has 17 heavy (non-hydrogen) atoms. The molecule has 0 aromatic carbocycles. The van der Waals surface area contributed by atoms with Crippen molar-refractivity contribution in [2.24, 2.45) is 0 Å². The summed E-state index contributed by atoms with van der Waals surface area (Å²) in [6.07, 6.45) is 2.36. The first kappa shape index (κ1) is 13.1. The maximum Gasteiger partial charge on any atom is 0.236 e. The van der Waals surface area contributed by atoms with E-state index in [0.717, 1.165) is 17.6 Å². The van der Waals surface area contributed by atoms with Gasteiger partial charge in [0.1, 0.15) is 0 Å². The fourth-order valence-corrected chi connectivity index (χ4v) is 3.29. The van der Waals surface area contributed by atoms with Crippen LogP contribution in [0.3, 0.4) is 0 Å². The summed E-state index contributed by atoms with van der Waals surface area (Å²) in [5.41, 5.74) is 0. The Hall–Kier alpha value is -0.390. The Labute approximate surface area is 114 Å². The molecule has 1 heterocycles. The van der Waals surface area contributed by atoms with Crippen molar-refractivity contribution < 1.29 is 4.79 Å². The molecule has 2 rings (SSSR count). The Balaban J connectivity index is 1.72. The Morgan fingerprint density at radius 3 is 2.94 bits per heavy atom. The van der Waals surface area contributed by atoms with Gasteiger partial charge in [-0.05, 0) is 41.8 Å². The van der Waals surface area contributed by atoms with E-state index in [0.29, 0.717) is 12.6 Å². The quantitative estimate of drug-likeness (QED) is 0.875. The highest BCUT2D eigenvalue weighted by Gasteiger charge is 2.30. The lowest BCUT2D eigenvalue weighted by molar-refractivity contribution is -0.130. The second-order valence-corrected chi connectivity index (χ2v) is 6.16. The Morgan fingerprint density at radius 2 is 2.41 bits per heavy atom. The van der Waals surface area contributed by atoms with Crippen LogP contribution in [0.1, 0.15) is 24.6 Å². The van der Waals surface area contributed by atoms with E-state index in [9.17, 15) is 4.79 Å². The van der Waals surface area contributed by atoms with Gasteiger partial charge in [0, 0.05) is 33.9 Å².